The summed E-state index contributed by atoms with van der Waals surface area (Å²) in [6.45, 7) is 25.2. The average Bonchev–Trinajstić information content (AvgIpc) is 3.55. The quantitative estimate of drug-likeness (QED) is 0.175. The molecule has 0 bridgehead atoms. The van der Waals surface area contributed by atoms with E-state index < -0.39 is 8.07 Å². The maximum absolute atomic E-state index is 3.67. The van der Waals surface area contributed by atoms with Crippen LogP contribution in [0, 0.1) is 19.9 Å². The molecule has 0 aromatic heterocycles. The molecule has 5 aromatic rings. The number of rotatable bonds is 3. The van der Waals surface area contributed by atoms with Crippen molar-refractivity contribution in [3.05, 3.63) is 154 Å². The van der Waals surface area contributed by atoms with Crippen molar-refractivity contribution in [2.45, 2.75) is 92.3 Å². The second kappa shape index (κ2) is 17.1. The van der Waals surface area contributed by atoms with Crippen molar-refractivity contribution in [3.8, 4) is 11.1 Å². The van der Waals surface area contributed by atoms with E-state index in [0.29, 0.717) is 0 Å². The number of hydrogen-bond acceptors (Lipinski definition) is 0. The predicted octanol–water partition coefficient (Wildman–Crippen LogP) is 5.03. The minimum atomic E-state index is -1.06. The first-order valence-corrected chi connectivity index (χ1v) is 21.3. The molecule has 6 rings (SSSR count). The van der Waals surface area contributed by atoms with E-state index in [-0.39, 0.29) is 35.6 Å². The van der Waals surface area contributed by atoms with Gasteiger partial charge in [-0.2, -0.15) is 46.1 Å². The topological polar surface area (TPSA) is 0 Å². The van der Waals surface area contributed by atoms with Crippen molar-refractivity contribution in [1.29, 1.82) is 0 Å². The van der Waals surface area contributed by atoms with Crippen LogP contribution in [0.25, 0.3) is 11.1 Å². The molecule has 0 amide bonds. The minimum absolute atomic E-state index is 0. The normalized spacial score (nSPS) is 11.8. The molecule has 0 N–H and O–H groups in total. The molecule has 0 aliphatic heterocycles. The van der Waals surface area contributed by atoms with Gasteiger partial charge in [-0.3, -0.25) is 0 Å². The first kappa shape index (κ1) is 41.9. The summed E-state index contributed by atoms with van der Waals surface area (Å²) in [5, 5.41) is 1.62. The van der Waals surface area contributed by atoms with Gasteiger partial charge in [-0.1, -0.05) is 98.8 Å². The SMILES string of the molecule is CC(C)(C)c1[c-]c2c(cc1)-c1ccc(C(C)(C)C)cc1C2.Cc1cc([Si](C)(C)C)c(C)[cH-]1.[Cl-].[Cl-].[Zr+2]=[C](c1ccccc1)c1ccccc1. The molecule has 0 saturated heterocycles. The predicted molar refractivity (Wildman–Crippen MR) is 202 cm³/mol. The van der Waals surface area contributed by atoms with Crippen molar-refractivity contribution in [1.82, 2.24) is 0 Å². The third-order valence-corrected chi connectivity index (χ3v) is 12.2. The zero-order chi connectivity index (χ0) is 33.9. The maximum atomic E-state index is 3.67. The van der Waals surface area contributed by atoms with E-state index >= 15 is 0 Å². The third-order valence-electron chi connectivity index (χ3n) is 8.64. The van der Waals surface area contributed by atoms with Gasteiger partial charge in [-0.15, -0.1) is 11.1 Å². The summed E-state index contributed by atoms with van der Waals surface area (Å²) in [5.41, 5.74) is 14.3. The molecular weight excluding hydrogens is 719 g/mol. The van der Waals surface area contributed by atoms with E-state index in [0.717, 1.165) is 6.42 Å². The zero-order valence-corrected chi connectivity index (χ0v) is 35.7. The van der Waals surface area contributed by atoms with Crippen molar-refractivity contribution < 1.29 is 49.0 Å². The van der Waals surface area contributed by atoms with E-state index in [1.165, 1.54) is 83.1 Å². The molecule has 4 heteroatoms. The number of halogens is 2. The van der Waals surface area contributed by atoms with Gasteiger partial charge in [0.15, 0.2) is 0 Å². The number of fused-ring (bicyclic) bond motifs is 3. The van der Waals surface area contributed by atoms with Gasteiger partial charge < -0.3 is 24.8 Å². The number of hydrogen-bond donors (Lipinski definition) is 0. The van der Waals surface area contributed by atoms with E-state index in [4.69, 9.17) is 0 Å². The van der Waals surface area contributed by atoms with Gasteiger partial charge in [0, 0.05) is 8.07 Å². The zero-order valence-electron chi connectivity index (χ0n) is 30.8. The summed E-state index contributed by atoms with van der Waals surface area (Å²) in [6.07, 6.45) is 1.03. The fraction of sp³-hybridized carbons (Fsp3) is 0.318. The number of aryl methyl sites for hydroxylation is 2. The van der Waals surface area contributed by atoms with Crippen LogP contribution in [0.4, 0.5) is 0 Å². The monoisotopic (exact) mass is 768 g/mol. The van der Waals surface area contributed by atoms with Crippen LogP contribution in [0.2, 0.25) is 19.6 Å². The van der Waals surface area contributed by atoms with Crippen molar-refractivity contribution in [2.75, 3.05) is 0 Å². The Morgan fingerprint density at radius 1 is 0.688 bits per heavy atom. The molecule has 48 heavy (non-hydrogen) atoms. The van der Waals surface area contributed by atoms with Gasteiger partial charge in [0.25, 0.3) is 0 Å². The molecule has 0 fully saturated rings. The van der Waals surface area contributed by atoms with E-state index in [1.807, 2.05) is 0 Å². The molecule has 0 nitrogen and oxygen atoms in total. The van der Waals surface area contributed by atoms with Crippen LogP contribution in [0.15, 0.2) is 103 Å². The van der Waals surface area contributed by atoms with Crippen LogP contribution in [-0.4, -0.2) is 11.3 Å². The Bertz CT molecular complexity index is 1680. The summed E-state index contributed by atoms with van der Waals surface area (Å²) in [7, 11) is -1.06. The fourth-order valence-electron chi connectivity index (χ4n) is 6.01. The van der Waals surface area contributed by atoms with Crippen molar-refractivity contribution in [3.63, 3.8) is 0 Å². The standard InChI is InChI=1S/C21H25.C13H10.C10H17Si.2ClH.Zr/c1-20(2,3)16-7-9-18-14(12-16)11-15-13-17(21(4,5)6)8-10-19(15)18;1-3-7-12(8-4-1)11-13-9-5-2-6-10-13;1-8-6-9(2)10(7-8)11(3,4)5;;;/h7-10,12H,11H2,1-6H3;1-10H;6-7H,1-5H3;2*1H;/q-1;;-1;;;+2/p-2. The Labute approximate surface area is 320 Å². The third kappa shape index (κ3) is 10.9. The van der Waals surface area contributed by atoms with Crippen LogP contribution < -0.4 is 30.0 Å². The molecule has 0 saturated carbocycles. The summed E-state index contributed by atoms with van der Waals surface area (Å²) < 4.78 is 1.42. The molecular formula is C44H52Cl2SiZr-2. The van der Waals surface area contributed by atoms with Gasteiger partial charge in [0.1, 0.15) is 0 Å². The van der Waals surface area contributed by atoms with E-state index in [9.17, 15) is 0 Å². The Balaban J connectivity index is 0.000000260. The van der Waals surface area contributed by atoms with Crippen molar-refractivity contribution >= 4 is 16.5 Å². The molecule has 0 unspecified atom stereocenters. The Kier molecular flexibility index (Phi) is 15.0. The molecule has 0 spiro atoms. The second-order valence-corrected chi connectivity index (χ2v) is 22.1. The van der Waals surface area contributed by atoms with Crippen LogP contribution in [-0.2, 0) is 41.5 Å². The molecule has 252 valence electrons. The van der Waals surface area contributed by atoms with Crippen molar-refractivity contribution in [2.24, 2.45) is 0 Å². The fourth-order valence-corrected chi connectivity index (χ4v) is 8.75. The summed E-state index contributed by atoms with van der Waals surface area (Å²) in [5.74, 6) is 0. The Morgan fingerprint density at radius 3 is 1.62 bits per heavy atom. The average molecular weight is 771 g/mol. The van der Waals surface area contributed by atoms with E-state index in [2.05, 4.69) is 184 Å². The van der Waals surface area contributed by atoms with Gasteiger partial charge in [-0.25, -0.2) is 6.07 Å². The Hall–Kier alpha value is -2.22. The van der Waals surface area contributed by atoms with Crippen LogP contribution in [0.1, 0.15) is 86.1 Å². The first-order chi connectivity index (χ1) is 21.4. The second-order valence-electron chi connectivity index (χ2n) is 15.8. The summed E-state index contributed by atoms with van der Waals surface area (Å²) in [4.78, 5) is 0. The molecule has 1 aliphatic rings. The number of benzene rings is 4. The molecule has 0 heterocycles. The van der Waals surface area contributed by atoms with Gasteiger partial charge in [0.2, 0.25) is 0 Å². The summed E-state index contributed by atoms with van der Waals surface area (Å²) >= 11 is 1.46. The van der Waals surface area contributed by atoms with E-state index in [1.54, 1.807) is 5.19 Å². The van der Waals surface area contributed by atoms with Gasteiger partial charge in [0.05, 0.1) is 0 Å². The molecule has 1 aliphatic carbocycles. The molecule has 5 aromatic carbocycles. The molecule has 0 atom stereocenters. The van der Waals surface area contributed by atoms with Crippen LogP contribution >= 0.6 is 0 Å². The summed E-state index contributed by atoms with van der Waals surface area (Å²) in [6, 6.07) is 40.9. The first-order valence-electron chi connectivity index (χ1n) is 16.6. The van der Waals surface area contributed by atoms with Crippen LogP contribution in [0.3, 0.4) is 0 Å². The molecule has 0 radical (unpaired) electrons. The van der Waals surface area contributed by atoms with Gasteiger partial charge >= 0.3 is 99.2 Å². The van der Waals surface area contributed by atoms with Crippen LogP contribution in [0.5, 0.6) is 0 Å². The Morgan fingerprint density at radius 2 is 1.21 bits per heavy atom. The van der Waals surface area contributed by atoms with Gasteiger partial charge in [-0.05, 0) is 28.4 Å².